The van der Waals surface area contributed by atoms with E-state index in [9.17, 15) is 4.79 Å². The summed E-state index contributed by atoms with van der Waals surface area (Å²) in [6.07, 6.45) is 1.01. The van der Waals surface area contributed by atoms with Gasteiger partial charge in [0.15, 0.2) is 0 Å². The second-order valence-corrected chi connectivity index (χ2v) is 3.80. The van der Waals surface area contributed by atoms with E-state index in [0.29, 0.717) is 0 Å². The molecule has 0 aliphatic rings. The average molecular weight is 202 g/mol. The second-order valence-electron chi connectivity index (χ2n) is 3.80. The van der Waals surface area contributed by atoms with Gasteiger partial charge in [-0.2, -0.15) is 0 Å². The van der Waals surface area contributed by atoms with Crippen molar-refractivity contribution in [2.24, 2.45) is 0 Å². The van der Waals surface area contributed by atoms with Crippen molar-refractivity contribution < 1.29 is 9.90 Å². The van der Waals surface area contributed by atoms with E-state index in [1.54, 1.807) is 6.92 Å². The number of likely N-dealkylation sites (N-methyl/N-ethyl adjacent to an activating group) is 1. The number of nitrogens with zero attached hydrogens (tertiary/aromatic N) is 2. The quantitative estimate of drug-likeness (QED) is 0.661. The first-order chi connectivity index (χ1) is 6.49. The van der Waals surface area contributed by atoms with Gasteiger partial charge in [-0.3, -0.25) is 9.69 Å². The van der Waals surface area contributed by atoms with Gasteiger partial charge in [-0.25, -0.2) is 0 Å². The molecule has 0 saturated carbocycles. The maximum atomic E-state index is 10.7. The number of carboxylic acid groups (broad SMARTS) is 1. The van der Waals surface area contributed by atoms with Crippen LogP contribution in [0, 0.1) is 0 Å². The molecule has 0 aliphatic carbocycles. The first-order valence-electron chi connectivity index (χ1n) is 5.10. The van der Waals surface area contributed by atoms with Gasteiger partial charge in [-0.05, 0) is 40.5 Å². The van der Waals surface area contributed by atoms with Crippen molar-refractivity contribution in [3.05, 3.63) is 0 Å². The Morgan fingerprint density at radius 3 is 2.29 bits per heavy atom. The topological polar surface area (TPSA) is 43.8 Å². The third kappa shape index (κ3) is 5.19. The Bertz CT molecular complexity index is 172. The maximum absolute atomic E-state index is 10.7. The van der Waals surface area contributed by atoms with Gasteiger partial charge < -0.3 is 10.0 Å². The van der Waals surface area contributed by atoms with E-state index < -0.39 is 5.97 Å². The lowest BCUT2D eigenvalue weighted by atomic mass is 10.2. The average Bonchev–Trinajstić information content (AvgIpc) is 2.10. The van der Waals surface area contributed by atoms with Crippen molar-refractivity contribution in [3.63, 3.8) is 0 Å². The minimum atomic E-state index is -0.739. The second kappa shape index (κ2) is 6.79. The van der Waals surface area contributed by atoms with Crippen LogP contribution in [0.15, 0.2) is 0 Å². The smallest absolute Gasteiger partial charge is 0.320 e. The van der Waals surface area contributed by atoms with Gasteiger partial charge in [0.1, 0.15) is 6.04 Å². The number of hydrogen-bond donors (Lipinski definition) is 1. The first-order valence-corrected chi connectivity index (χ1v) is 5.10. The standard InChI is InChI=1S/C10H22N2O2/c1-5-12(9(2)10(13)14)8-6-7-11(3)4/h9H,5-8H2,1-4H3,(H,13,14). The molecule has 0 aliphatic heterocycles. The molecule has 0 bridgehead atoms. The highest BCUT2D eigenvalue weighted by atomic mass is 16.4. The van der Waals surface area contributed by atoms with Crippen LogP contribution in [0.25, 0.3) is 0 Å². The Hall–Kier alpha value is -0.610. The third-order valence-electron chi connectivity index (χ3n) is 2.36. The zero-order valence-electron chi connectivity index (χ0n) is 9.66. The lowest BCUT2D eigenvalue weighted by molar-refractivity contribution is -0.142. The van der Waals surface area contributed by atoms with E-state index in [1.165, 1.54) is 0 Å². The highest BCUT2D eigenvalue weighted by molar-refractivity contribution is 5.72. The number of carboxylic acids is 1. The molecule has 84 valence electrons. The van der Waals surface area contributed by atoms with Gasteiger partial charge in [-0.15, -0.1) is 0 Å². The summed E-state index contributed by atoms with van der Waals surface area (Å²) in [7, 11) is 4.05. The number of hydrogen-bond acceptors (Lipinski definition) is 3. The molecule has 4 heteroatoms. The van der Waals surface area contributed by atoms with E-state index in [4.69, 9.17) is 5.11 Å². The minimum Gasteiger partial charge on any atom is -0.480 e. The van der Waals surface area contributed by atoms with Crippen molar-refractivity contribution in [2.75, 3.05) is 33.7 Å². The molecule has 0 heterocycles. The summed E-state index contributed by atoms with van der Waals surface area (Å²) in [4.78, 5) is 14.8. The van der Waals surface area contributed by atoms with E-state index in [0.717, 1.165) is 26.1 Å². The molecule has 0 rings (SSSR count). The van der Waals surface area contributed by atoms with Crippen LogP contribution in [-0.4, -0.2) is 60.6 Å². The highest BCUT2D eigenvalue weighted by Crippen LogP contribution is 2.00. The monoisotopic (exact) mass is 202 g/mol. The molecule has 1 unspecified atom stereocenters. The van der Waals surface area contributed by atoms with Crippen LogP contribution in [0.2, 0.25) is 0 Å². The SMILES string of the molecule is CCN(CCCN(C)C)C(C)C(=O)O. The third-order valence-corrected chi connectivity index (χ3v) is 2.36. The Balaban J connectivity index is 3.84. The molecule has 0 aromatic rings. The molecule has 0 aromatic heterocycles. The predicted octanol–water partition coefficient (Wildman–Crippen LogP) is 0.733. The summed E-state index contributed by atoms with van der Waals surface area (Å²) in [5.74, 6) is -0.739. The lowest BCUT2D eigenvalue weighted by Crippen LogP contribution is -2.40. The van der Waals surface area contributed by atoms with Crippen LogP contribution in [0.1, 0.15) is 20.3 Å². The van der Waals surface area contributed by atoms with Gasteiger partial charge in [-0.1, -0.05) is 6.92 Å². The highest BCUT2D eigenvalue weighted by Gasteiger charge is 2.17. The Labute approximate surface area is 86.5 Å². The molecule has 0 spiro atoms. The molecule has 0 radical (unpaired) electrons. The van der Waals surface area contributed by atoms with Crippen LogP contribution < -0.4 is 0 Å². The van der Waals surface area contributed by atoms with Crippen molar-refractivity contribution >= 4 is 5.97 Å². The van der Waals surface area contributed by atoms with Crippen molar-refractivity contribution in [1.82, 2.24) is 9.80 Å². The Morgan fingerprint density at radius 1 is 1.36 bits per heavy atom. The molecule has 4 nitrogen and oxygen atoms in total. The zero-order chi connectivity index (χ0) is 11.1. The summed E-state index contributed by atoms with van der Waals surface area (Å²) in [6.45, 7) is 6.38. The molecule has 0 amide bonds. The van der Waals surface area contributed by atoms with Crippen molar-refractivity contribution in [2.45, 2.75) is 26.3 Å². The molecule has 0 saturated heterocycles. The molecule has 0 aromatic carbocycles. The summed E-state index contributed by atoms with van der Waals surface area (Å²) in [6, 6.07) is -0.373. The van der Waals surface area contributed by atoms with Gasteiger partial charge in [0, 0.05) is 6.54 Å². The largest absolute Gasteiger partial charge is 0.480 e. The summed E-state index contributed by atoms with van der Waals surface area (Å²) in [5, 5.41) is 8.84. The fourth-order valence-electron chi connectivity index (χ4n) is 1.37. The lowest BCUT2D eigenvalue weighted by Gasteiger charge is -2.25. The van der Waals surface area contributed by atoms with E-state index in [1.807, 2.05) is 25.9 Å². The summed E-state index contributed by atoms with van der Waals surface area (Å²) in [5.41, 5.74) is 0. The Morgan fingerprint density at radius 2 is 1.93 bits per heavy atom. The van der Waals surface area contributed by atoms with E-state index in [-0.39, 0.29) is 6.04 Å². The van der Waals surface area contributed by atoms with Crippen LogP contribution in [0.3, 0.4) is 0 Å². The number of carbonyl (C=O) groups is 1. The molecule has 1 atom stereocenters. The molecule has 0 fully saturated rings. The van der Waals surface area contributed by atoms with Gasteiger partial charge in [0.2, 0.25) is 0 Å². The summed E-state index contributed by atoms with van der Waals surface area (Å²) >= 11 is 0. The minimum absolute atomic E-state index is 0.373. The van der Waals surface area contributed by atoms with Gasteiger partial charge in [0.25, 0.3) is 0 Å². The zero-order valence-corrected chi connectivity index (χ0v) is 9.66. The fourth-order valence-corrected chi connectivity index (χ4v) is 1.37. The predicted molar refractivity (Wildman–Crippen MR) is 57.5 cm³/mol. The van der Waals surface area contributed by atoms with Crippen LogP contribution in [-0.2, 0) is 4.79 Å². The van der Waals surface area contributed by atoms with Crippen molar-refractivity contribution in [3.8, 4) is 0 Å². The van der Waals surface area contributed by atoms with Crippen LogP contribution in [0.4, 0.5) is 0 Å². The van der Waals surface area contributed by atoms with Crippen molar-refractivity contribution in [1.29, 1.82) is 0 Å². The summed E-state index contributed by atoms with van der Waals surface area (Å²) < 4.78 is 0. The normalized spacial score (nSPS) is 13.6. The van der Waals surface area contributed by atoms with E-state index in [2.05, 4.69) is 4.90 Å². The molecule has 14 heavy (non-hydrogen) atoms. The first kappa shape index (κ1) is 13.4. The molecular formula is C10H22N2O2. The maximum Gasteiger partial charge on any atom is 0.320 e. The van der Waals surface area contributed by atoms with Gasteiger partial charge in [0.05, 0.1) is 0 Å². The fraction of sp³-hybridized carbons (Fsp3) is 0.900. The molecule has 1 N–H and O–H groups in total. The van der Waals surface area contributed by atoms with Crippen LogP contribution in [0.5, 0.6) is 0 Å². The van der Waals surface area contributed by atoms with E-state index >= 15 is 0 Å². The molecular weight excluding hydrogens is 180 g/mol. The Kier molecular flexibility index (Phi) is 6.49. The number of rotatable bonds is 7. The van der Waals surface area contributed by atoms with Gasteiger partial charge >= 0.3 is 5.97 Å². The van der Waals surface area contributed by atoms with Crippen LogP contribution >= 0.6 is 0 Å². The number of aliphatic carboxylic acids is 1.